The summed E-state index contributed by atoms with van der Waals surface area (Å²) >= 11 is 0. The number of benzene rings is 1. The molecular weight excluding hydrogens is 271 g/mol. The molecule has 2 atom stereocenters. The topological polar surface area (TPSA) is 54.2 Å². The summed E-state index contributed by atoms with van der Waals surface area (Å²) in [4.78, 5) is 6.41. The largest absolute Gasteiger partial charge is 0.392 e. The van der Waals surface area contributed by atoms with Crippen molar-refractivity contribution in [1.29, 1.82) is 0 Å². The number of aryl methyl sites for hydroxylation is 1. The van der Waals surface area contributed by atoms with Crippen LogP contribution in [0.1, 0.15) is 30.8 Å². The summed E-state index contributed by atoms with van der Waals surface area (Å²) in [5, 5.41) is 14.1. The monoisotopic (exact) mass is 290 g/mol. The average Bonchev–Trinajstić information content (AvgIpc) is 3.05. The maximum atomic E-state index is 13.4. The molecule has 112 valence electrons. The van der Waals surface area contributed by atoms with Crippen molar-refractivity contribution in [2.45, 2.75) is 38.6 Å². The van der Waals surface area contributed by atoms with Crippen LogP contribution in [0.4, 0.5) is 4.39 Å². The van der Waals surface area contributed by atoms with Gasteiger partial charge in [0.15, 0.2) is 0 Å². The lowest BCUT2D eigenvalue weighted by Gasteiger charge is -2.24. The van der Waals surface area contributed by atoms with Crippen LogP contribution in [0.3, 0.4) is 0 Å². The fourth-order valence-corrected chi connectivity index (χ4v) is 2.97. The minimum absolute atomic E-state index is 0.0118. The van der Waals surface area contributed by atoms with E-state index in [0.29, 0.717) is 19.5 Å². The molecule has 2 heterocycles. The average molecular weight is 290 g/mol. The van der Waals surface area contributed by atoms with Crippen LogP contribution < -0.4 is 0 Å². The van der Waals surface area contributed by atoms with Gasteiger partial charge in [-0.3, -0.25) is 4.90 Å². The summed E-state index contributed by atoms with van der Waals surface area (Å²) in [6.07, 6.45) is 1.77. The molecule has 0 amide bonds. The highest BCUT2D eigenvalue weighted by molar-refractivity contribution is 5.22. The Kier molecular flexibility index (Phi) is 3.98. The lowest BCUT2D eigenvalue weighted by Crippen LogP contribution is -2.26. The van der Waals surface area contributed by atoms with Crippen molar-refractivity contribution in [3.63, 3.8) is 0 Å². The number of nitrogens with zero attached hydrogens (tertiary/aromatic N) is 4. The second-order valence-corrected chi connectivity index (χ2v) is 5.38. The number of hydrogen-bond acceptors (Lipinski definition) is 4. The minimum atomic E-state index is -0.392. The zero-order valence-electron chi connectivity index (χ0n) is 12.0. The van der Waals surface area contributed by atoms with Gasteiger partial charge in [0, 0.05) is 19.1 Å². The Morgan fingerprint density at radius 2 is 2.29 bits per heavy atom. The van der Waals surface area contributed by atoms with E-state index in [1.54, 1.807) is 18.5 Å². The summed E-state index contributed by atoms with van der Waals surface area (Å²) < 4.78 is 15.3. The molecule has 0 spiro atoms. The van der Waals surface area contributed by atoms with E-state index in [0.717, 1.165) is 17.9 Å². The summed E-state index contributed by atoms with van der Waals surface area (Å²) in [6, 6.07) is 6.61. The van der Waals surface area contributed by atoms with Gasteiger partial charge < -0.3 is 5.11 Å². The van der Waals surface area contributed by atoms with Crippen LogP contribution in [0.25, 0.3) is 0 Å². The molecule has 2 aromatic rings. The van der Waals surface area contributed by atoms with E-state index in [2.05, 4.69) is 15.0 Å². The van der Waals surface area contributed by atoms with E-state index in [1.807, 2.05) is 17.7 Å². The van der Waals surface area contributed by atoms with Crippen LogP contribution >= 0.6 is 0 Å². The Hall–Kier alpha value is -1.79. The van der Waals surface area contributed by atoms with Gasteiger partial charge in [0.1, 0.15) is 18.0 Å². The number of halogens is 1. The molecule has 0 radical (unpaired) electrons. The summed E-state index contributed by atoms with van der Waals surface area (Å²) in [6.45, 7) is 3.95. The smallest absolute Gasteiger partial charge is 0.141 e. The molecule has 0 saturated carbocycles. The molecule has 1 N–H and O–H groups in total. The van der Waals surface area contributed by atoms with E-state index in [1.165, 1.54) is 6.07 Å². The van der Waals surface area contributed by atoms with Gasteiger partial charge in [-0.05, 0) is 31.0 Å². The van der Waals surface area contributed by atoms with Gasteiger partial charge >= 0.3 is 0 Å². The number of aromatic nitrogens is 3. The van der Waals surface area contributed by atoms with Crippen molar-refractivity contribution >= 4 is 0 Å². The fourth-order valence-electron chi connectivity index (χ4n) is 2.97. The molecule has 1 saturated heterocycles. The predicted molar refractivity (Wildman–Crippen MR) is 75.9 cm³/mol. The Balaban J connectivity index is 1.83. The van der Waals surface area contributed by atoms with Gasteiger partial charge in [-0.15, -0.1) is 0 Å². The highest BCUT2D eigenvalue weighted by Crippen LogP contribution is 2.33. The van der Waals surface area contributed by atoms with Crippen LogP contribution in [0.2, 0.25) is 0 Å². The summed E-state index contributed by atoms with van der Waals surface area (Å²) in [7, 11) is 0. The molecule has 1 fully saturated rings. The molecular formula is C15H19FN4O. The molecule has 5 nitrogen and oxygen atoms in total. The van der Waals surface area contributed by atoms with Gasteiger partial charge in [-0.25, -0.2) is 14.1 Å². The molecule has 1 aromatic carbocycles. The van der Waals surface area contributed by atoms with Crippen LogP contribution in [0, 0.1) is 5.82 Å². The summed E-state index contributed by atoms with van der Waals surface area (Å²) in [5.41, 5.74) is 0.897. The van der Waals surface area contributed by atoms with Crippen molar-refractivity contribution in [3.8, 4) is 0 Å². The second-order valence-electron chi connectivity index (χ2n) is 5.38. The number of rotatable bonds is 4. The zero-order chi connectivity index (χ0) is 14.8. The zero-order valence-corrected chi connectivity index (χ0v) is 12.0. The highest BCUT2D eigenvalue weighted by Gasteiger charge is 2.32. The first kappa shape index (κ1) is 14.2. The first-order valence-corrected chi connectivity index (χ1v) is 7.21. The van der Waals surface area contributed by atoms with Gasteiger partial charge in [-0.1, -0.05) is 12.1 Å². The van der Waals surface area contributed by atoms with Crippen molar-refractivity contribution < 1.29 is 9.50 Å². The molecule has 1 aliphatic heterocycles. The van der Waals surface area contributed by atoms with E-state index in [4.69, 9.17) is 0 Å². The Bertz CT molecular complexity index is 615. The number of β-amino-alcohol motifs (C(OH)–C–C–N with tert-alkyl or cyclic N) is 1. The summed E-state index contributed by atoms with van der Waals surface area (Å²) in [5.74, 6) is 0.624. The molecule has 1 aliphatic rings. The third-order valence-electron chi connectivity index (χ3n) is 3.95. The van der Waals surface area contributed by atoms with Crippen LogP contribution in [-0.4, -0.2) is 37.4 Å². The Morgan fingerprint density at radius 1 is 1.43 bits per heavy atom. The van der Waals surface area contributed by atoms with Gasteiger partial charge in [0.25, 0.3) is 0 Å². The van der Waals surface area contributed by atoms with Gasteiger partial charge in [0.2, 0.25) is 0 Å². The number of aliphatic hydroxyl groups is 1. The lowest BCUT2D eigenvalue weighted by atomic mass is 10.0. The predicted octanol–water partition coefficient (Wildman–Crippen LogP) is 1.74. The first-order chi connectivity index (χ1) is 10.2. The molecule has 1 aromatic heterocycles. The van der Waals surface area contributed by atoms with Crippen LogP contribution in [0.5, 0.6) is 0 Å². The Labute approximate surface area is 123 Å². The van der Waals surface area contributed by atoms with E-state index >= 15 is 0 Å². The maximum absolute atomic E-state index is 13.4. The Morgan fingerprint density at radius 3 is 3.05 bits per heavy atom. The van der Waals surface area contributed by atoms with Crippen molar-refractivity contribution in [3.05, 3.63) is 47.8 Å². The van der Waals surface area contributed by atoms with E-state index in [9.17, 15) is 9.50 Å². The highest BCUT2D eigenvalue weighted by atomic mass is 19.1. The first-order valence-electron chi connectivity index (χ1n) is 7.21. The number of hydrogen-bond donors (Lipinski definition) is 1. The van der Waals surface area contributed by atoms with Gasteiger partial charge in [-0.2, -0.15) is 5.10 Å². The van der Waals surface area contributed by atoms with Crippen molar-refractivity contribution in [1.82, 2.24) is 19.7 Å². The molecule has 21 heavy (non-hydrogen) atoms. The molecule has 0 aliphatic carbocycles. The third kappa shape index (κ3) is 2.96. The standard InChI is InChI=1S/C15H19FN4O/c1-2-20-15(17-10-18-20)9-19-8-13(21)7-14(19)11-4-3-5-12(16)6-11/h3-6,10,13-14,21H,2,7-9H2,1H3. The minimum Gasteiger partial charge on any atom is -0.392 e. The van der Waals surface area contributed by atoms with Crippen molar-refractivity contribution in [2.75, 3.05) is 6.54 Å². The normalized spacial score (nSPS) is 22.8. The van der Waals surface area contributed by atoms with Gasteiger partial charge in [0.05, 0.1) is 12.6 Å². The van der Waals surface area contributed by atoms with E-state index in [-0.39, 0.29) is 11.9 Å². The third-order valence-corrected chi connectivity index (χ3v) is 3.95. The lowest BCUT2D eigenvalue weighted by molar-refractivity contribution is 0.170. The molecule has 3 rings (SSSR count). The SMILES string of the molecule is CCn1ncnc1CN1CC(O)CC1c1cccc(F)c1. The maximum Gasteiger partial charge on any atom is 0.141 e. The molecule has 6 heteroatoms. The van der Waals surface area contributed by atoms with Crippen LogP contribution in [0.15, 0.2) is 30.6 Å². The molecule has 0 bridgehead atoms. The quantitative estimate of drug-likeness (QED) is 0.932. The van der Waals surface area contributed by atoms with E-state index < -0.39 is 6.10 Å². The fraction of sp³-hybridized carbons (Fsp3) is 0.467. The van der Waals surface area contributed by atoms with Crippen LogP contribution in [-0.2, 0) is 13.1 Å². The molecule has 2 unspecified atom stereocenters. The number of aliphatic hydroxyl groups excluding tert-OH is 1. The second kappa shape index (κ2) is 5.91. The number of likely N-dealkylation sites (tertiary alicyclic amines) is 1. The van der Waals surface area contributed by atoms with Crippen molar-refractivity contribution in [2.24, 2.45) is 0 Å².